The van der Waals surface area contributed by atoms with E-state index in [-0.39, 0.29) is 26.6 Å². The summed E-state index contributed by atoms with van der Waals surface area (Å²) in [6.45, 7) is 5.28. The fraction of sp³-hybridized carbons (Fsp3) is 0.250. The van der Waals surface area contributed by atoms with E-state index in [9.17, 15) is 13.2 Å². The van der Waals surface area contributed by atoms with Gasteiger partial charge in [-0.2, -0.15) is 0 Å². The Kier molecular flexibility index (Phi) is 6.03. The van der Waals surface area contributed by atoms with Crippen LogP contribution in [0.2, 0.25) is 10.0 Å². The molecule has 0 radical (unpaired) electrons. The fourth-order valence-corrected chi connectivity index (χ4v) is 2.74. The Hall–Kier alpha value is -1.28. The van der Waals surface area contributed by atoms with Crippen molar-refractivity contribution in [2.75, 3.05) is 6.54 Å². The smallest absolute Gasteiger partial charge is 0.261 e. The number of nitrogens with two attached hydrogens (primary N) is 1. The maximum atomic E-state index is 11.7. The maximum absolute atomic E-state index is 11.7. The summed E-state index contributed by atoms with van der Waals surface area (Å²) in [4.78, 5) is 11.3. The minimum Gasteiger partial charge on any atom is -0.479 e. The van der Waals surface area contributed by atoms with Crippen LogP contribution in [0.4, 0.5) is 0 Å². The van der Waals surface area contributed by atoms with Gasteiger partial charge < -0.3 is 10.1 Å². The fourth-order valence-electron chi connectivity index (χ4n) is 1.39. The molecule has 9 heteroatoms. The lowest BCUT2D eigenvalue weighted by Gasteiger charge is -2.16. The molecular formula is C12H14Cl2N2O4S. The van der Waals surface area contributed by atoms with Crippen molar-refractivity contribution in [3.63, 3.8) is 0 Å². The van der Waals surface area contributed by atoms with Gasteiger partial charge in [-0.15, -0.1) is 6.58 Å². The van der Waals surface area contributed by atoms with Gasteiger partial charge in [-0.05, 0) is 19.1 Å². The zero-order valence-electron chi connectivity index (χ0n) is 11.1. The van der Waals surface area contributed by atoms with E-state index in [2.05, 4.69) is 11.9 Å². The Morgan fingerprint density at radius 1 is 1.48 bits per heavy atom. The molecule has 0 saturated carbocycles. The van der Waals surface area contributed by atoms with Crippen molar-refractivity contribution in [2.24, 2.45) is 5.14 Å². The van der Waals surface area contributed by atoms with E-state index in [1.807, 2.05) is 0 Å². The summed E-state index contributed by atoms with van der Waals surface area (Å²) >= 11 is 11.8. The number of rotatable bonds is 6. The van der Waals surface area contributed by atoms with Crippen LogP contribution < -0.4 is 15.2 Å². The number of hydrogen-bond acceptors (Lipinski definition) is 4. The summed E-state index contributed by atoms with van der Waals surface area (Å²) in [5, 5.41) is 7.16. The maximum Gasteiger partial charge on any atom is 0.261 e. The van der Waals surface area contributed by atoms with Crippen molar-refractivity contribution in [2.45, 2.75) is 17.9 Å². The summed E-state index contributed by atoms with van der Waals surface area (Å²) in [6.07, 6.45) is 0.675. The zero-order chi connectivity index (χ0) is 16.2. The molecule has 3 N–H and O–H groups in total. The predicted octanol–water partition coefficient (Wildman–Crippen LogP) is 1.71. The molecule has 21 heavy (non-hydrogen) atoms. The number of amides is 1. The number of halogens is 2. The molecule has 116 valence electrons. The first-order chi connectivity index (χ1) is 9.68. The summed E-state index contributed by atoms with van der Waals surface area (Å²) in [5.74, 6) is -0.298. The van der Waals surface area contributed by atoms with Crippen molar-refractivity contribution in [3.8, 4) is 5.75 Å². The minimum absolute atomic E-state index is 0.0790. The third-order valence-corrected chi connectivity index (χ3v) is 4.34. The van der Waals surface area contributed by atoms with Crippen LogP contribution in [0.25, 0.3) is 0 Å². The molecule has 0 saturated heterocycles. The topological polar surface area (TPSA) is 98.5 Å². The van der Waals surface area contributed by atoms with Crippen LogP contribution in [-0.2, 0) is 14.8 Å². The van der Waals surface area contributed by atoms with Gasteiger partial charge in [-0.1, -0.05) is 29.3 Å². The highest BCUT2D eigenvalue weighted by Crippen LogP contribution is 2.36. The number of carbonyl (C=O) groups excluding carboxylic acids is 1. The molecule has 0 heterocycles. The molecule has 1 rings (SSSR count). The molecule has 0 aliphatic heterocycles. The lowest BCUT2D eigenvalue weighted by molar-refractivity contribution is -0.127. The number of ether oxygens (including phenoxy) is 1. The molecule has 1 atom stereocenters. The number of carbonyl (C=O) groups is 1. The molecule has 0 spiro atoms. The van der Waals surface area contributed by atoms with E-state index in [4.69, 9.17) is 33.1 Å². The Labute approximate surface area is 132 Å². The first kappa shape index (κ1) is 17.8. The molecule has 6 nitrogen and oxygen atoms in total. The van der Waals surface area contributed by atoms with E-state index in [1.165, 1.54) is 19.1 Å². The number of primary sulfonamides is 1. The average Bonchev–Trinajstić information content (AvgIpc) is 2.39. The van der Waals surface area contributed by atoms with Crippen molar-refractivity contribution >= 4 is 39.1 Å². The highest BCUT2D eigenvalue weighted by atomic mass is 35.5. The quantitative estimate of drug-likeness (QED) is 0.761. The van der Waals surface area contributed by atoms with Crippen LogP contribution >= 0.6 is 23.2 Å². The molecule has 1 aromatic carbocycles. The van der Waals surface area contributed by atoms with Crippen LogP contribution in [-0.4, -0.2) is 27.0 Å². The monoisotopic (exact) mass is 352 g/mol. The molecular weight excluding hydrogens is 339 g/mol. The van der Waals surface area contributed by atoms with E-state index < -0.39 is 16.1 Å². The zero-order valence-corrected chi connectivity index (χ0v) is 13.4. The van der Waals surface area contributed by atoms with Gasteiger partial charge >= 0.3 is 0 Å². The lowest BCUT2D eigenvalue weighted by atomic mass is 10.3. The second-order valence-electron chi connectivity index (χ2n) is 4.03. The largest absolute Gasteiger partial charge is 0.479 e. The number of benzene rings is 1. The highest BCUT2D eigenvalue weighted by molar-refractivity contribution is 7.89. The minimum atomic E-state index is -3.99. The van der Waals surface area contributed by atoms with Gasteiger partial charge in [-0.3, -0.25) is 4.79 Å². The van der Waals surface area contributed by atoms with E-state index in [0.717, 1.165) is 6.07 Å². The Bertz CT molecular complexity index is 661. The molecule has 0 bridgehead atoms. The summed E-state index contributed by atoms with van der Waals surface area (Å²) < 4.78 is 27.9. The third kappa shape index (κ3) is 4.60. The van der Waals surface area contributed by atoms with Gasteiger partial charge in [-0.25, -0.2) is 13.6 Å². The molecule has 0 fully saturated rings. The third-order valence-electron chi connectivity index (χ3n) is 2.41. The van der Waals surface area contributed by atoms with E-state index in [1.54, 1.807) is 0 Å². The van der Waals surface area contributed by atoms with Crippen LogP contribution in [0.5, 0.6) is 5.75 Å². The molecule has 0 aromatic heterocycles. The first-order valence-corrected chi connectivity index (χ1v) is 8.04. The Morgan fingerprint density at radius 3 is 2.62 bits per heavy atom. The van der Waals surface area contributed by atoms with Crippen LogP contribution in [0, 0.1) is 0 Å². The van der Waals surface area contributed by atoms with Crippen molar-refractivity contribution in [1.82, 2.24) is 5.32 Å². The van der Waals surface area contributed by atoms with Crippen molar-refractivity contribution in [1.29, 1.82) is 0 Å². The average molecular weight is 353 g/mol. The van der Waals surface area contributed by atoms with E-state index >= 15 is 0 Å². The second-order valence-corrected chi connectivity index (χ2v) is 6.31. The van der Waals surface area contributed by atoms with Crippen molar-refractivity contribution < 1.29 is 17.9 Å². The van der Waals surface area contributed by atoms with Crippen LogP contribution in [0.15, 0.2) is 29.7 Å². The Balaban J connectivity index is 2.99. The normalized spacial score (nSPS) is 12.6. The van der Waals surface area contributed by atoms with Gasteiger partial charge in [0, 0.05) is 6.54 Å². The molecule has 1 amide bonds. The lowest BCUT2D eigenvalue weighted by Crippen LogP contribution is -2.36. The number of sulfonamides is 1. The molecule has 0 aliphatic rings. The number of hydrogen-bond donors (Lipinski definition) is 2. The SMILES string of the molecule is C=CCNC(=O)C(C)Oc1ccc(S(N)(=O)=O)c(Cl)c1Cl. The van der Waals surface area contributed by atoms with E-state index in [0.29, 0.717) is 6.54 Å². The Morgan fingerprint density at radius 2 is 2.10 bits per heavy atom. The van der Waals surface area contributed by atoms with Gasteiger partial charge in [0.1, 0.15) is 15.7 Å². The summed E-state index contributed by atoms with van der Waals surface area (Å²) in [7, 11) is -3.99. The highest BCUT2D eigenvalue weighted by Gasteiger charge is 2.21. The molecule has 1 unspecified atom stereocenters. The summed E-state index contributed by atoms with van der Waals surface area (Å²) in [6, 6.07) is 2.44. The van der Waals surface area contributed by atoms with Gasteiger partial charge in [0.2, 0.25) is 10.0 Å². The second kappa shape index (κ2) is 7.13. The van der Waals surface area contributed by atoms with Crippen LogP contribution in [0.3, 0.4) is 0 Å². The van der Waals surface area contributed by atoms with Crippen molar-refractivity contribution in [3.05, 3.63) is 34.8 Å². The van der Waals surface area contributed by atoms with Gasteiger partial charge in [0.15, 0.2) is 6.10 Å². The molecule has 1 aromatic rings. The first-order valence-electron chi connectivity index (χ1n) is 5.74. The van der Waals surface area contributed by atoms with Gasteiger partial charge in [0.25, 0.3) is 5.91 Å². The van der Waals surface area contributed by atoms with Gasteiger partial charge in [0.05, 0.1) is 5.02 Å². The standard InChI is InChI=1S/C12H14Cl2N2O4S/c1-3-6-16-12(17)7(2)20-8-4-5-9(21(15,18)19)11(14)10(8)13/h3-5,7H,1,6H2,2H3,(H,16,17)(H2,15,18,19). The number of nitrogens with one attached hydrogen (secondary N) is 1. The predicted molar refractivity (Wildman–Crippen MR) is 81.1 cm³/mol. The summed E-state index contributed by atoms with van der Waals surface area (Å²) in [5.41, 5.74) is 0. The molecule has 0 aliphatic carbocycles. The van der Waals surface area contributed by atoms with Crippen LogP contribution in [0.1, 0.15) is 6.92 Å².